The van der Waals surface area contributed by atoms with Gasteiger partial charge in [0.05, 0.1) is 5.69 Å². The van der Waals surface area contributed by atoms with Gasteiger partial charge in [0.25, 0.3) is 0 Å². The summed E-state index contributed by atoms with van der Waals surface area (Å²) in [5, 5.41) is 4.09. The maximum absolute atomic E-state index is 12.1. The first-order valence-corrected chi connectivity index (χ1v) is 5.27. The molecule has 18 heavy (non-hydrogen) atoms. The molecule has 0 saturated carbocycles. The Balaban J connectivity index is 2.71. The Morgan fingerprint density at radius 2 is 2.00 bits per heavy atom. The summed E-state index contributed by atoms with van der Waals surface area (Å²) in [6.45, 7) is -3.01. The average Bonchev–Trinajstić information content (AvgIpc) is 2.30. The second-order valence-electron chi connectivity index (χ2n) is 3.01. The van der Waals surface area contributed by atoms with Gasteiger partial charge in [-0.15, -0.1) is 11.6 Å². The van der Waals surface area contributed by atoms with E-state index in [1.165, 1.54) is 24.3 Å². The molecule has 5 nitrogen and oxygen atoms in total. The summed E-state index contributed by atoms with van der Waals surface area (Å²) >= 11 is 5.18. The molecule has 0 fully saturated rings. The standard InChI is InChI=1S/C10H9ClF2N2O3/c11-5-8(16)15-10(17)14-6-3-1-2-4-7(6)18-9(12)13/h1-4,9H,5H2,(H2,14,15,16,17). The van der Waals surface area contributed by atoms with Gasteiger partial charge in [-0.2, -0.15) is 8.78 Å². The van der Waals surface area contributed by atoms with E-state index in [2.05, 4.69) is 10.1 Å². The number of para-hydroxylation sites is 2. The number of imide groups is 1. The number of hydrogen-bond acceptors (Lipinski definition) is 3. The predicted molar refractivity (Wildman–Crippen MR) is 61.0 cm³/mol. The van der Waals surface area contributed by atoms with Crippen molar-refractivity contribution in [3.8, 4) is 5.75 Å². The van der Waals surface area contributed by atoms with Gasteiger partial charge in [-0.3, -0.25) is 10.1 Å². The number of ether oxygens (including phenoxy) is 1. The van der Waals surface area contributed by atoms with E-state index in [1.807, 2.05) is 5.32 Å². The summed E-state index contributed by atoms with van der Waals surface area (Å²) < 4.78 is 28.4. The summed E-state index contributed by atoms with van der Waals surface area (Å²) in [6.07, 6.45) is 0. The van der Waals surface area contributed by atoms with E-state index in [-0.39, 0.29) is 17.3 Å². The zero-order valence-electron chi connectivity index (χ0n) is 8.95. The van der Waals surface area contributed by atoms with Crippen LogP contribution in [0.2, 0.25) is 0 Å². The minimum Gasteiger partial charge on any atom is -0.433 e. The van der Waals surface area contributed by atoms with Gasteiger partial charge in [0.2, 0.25) is 5.91 Å². The van der Waals surface area contributed by atoms with E-state index >= 15 is 0 Å². The first kappa shape index (κ1) is 14.2. The molecule has 0 aliphatic heterocycles. The largest absolute Gasteiger partial charge is 0.433 e. The third-order valence-electron chi connectivity index (χ3n) is 1.73. The highest BCUT2D eigenvalue weighted by atomic mass is 35.5. The normalized spacial score (nSPS) is 10.0. The second kappa shape index (κ2) is 6.75. The number of carbonyl (C=O) groups is 2. The quantitative estimate of drug-likeness (QED) is 0.830. The lowest BCUT2D eigenvalue weighted by Crippen LogP contribution is -2.35. The van der Waals surface area contributed by atoms with Crippen molar-refractivity contribution in [1.29, 1.82) is 0 Å². The summed E-state index contributed by atoms with van der Waals surface area (Å²) in [4.78, 5) is 22.1. The molecule has 98 valence electrons. The van der Waals surface area contributed by atoms with Crippen LogP contribution in [-0.4, -0.2) is 24.4 Å². The molecule has 0 unspecified atom stereocenters. The number of alkyl halides is 3. The molecule has 1 aromatic carbocycles. The number of carbonyl (C=O) groups excluding carboxylic acids is 2. The lowest BCUT2D eigenvalue weighted by molar-refractivity contribution is -0.117. The maximum Gasteiger partial charge on any atom is 0.387 e. The molecular formula is C10H9ClF2N2O3. The molecule has 0 aliphatic carbocycles. The molecule has 3 amide bonds. The minimum atomic E-state index is -3.01. The van der Waals surface area contributed by atoms with Gasteiger partial charge < -0.3 is 10.1 Å². The van der Waals surface area contributed by atoms with Crippen molar-refractivity contribution in [2.75, 3.05) is 11.2 Å². The van der Waals surface area contributed by atoms with E-state index in [0.717, 1.165) is 0 Å². The Morgan fingerprint density at radius 1 is 1.33 bits per heavy atom. The zero-order valence-corrected chi connectivity index (χ0v) is 9.71. The van der Waals surface area contributed by atoms with Gasteiger partial charge in [-0.05, 0) is 12.1 Å². The summed E-state index contributed by atoms with van der Waals surface area (Å²) in [7, 11) is 0. The fraction of sp³-hybridized carbons (Fsp3) is 0.200. The third-order valence-corrected chi connectivity index (χ3v) is 1.97. The van der Waals surface area contributed by atoms with Crippen LogP contribution in [-0.2, 0) is 4.79 Å². The summed E-state index contributed by atoms with van der Waals surface area (Å²) in [6, 6.07) is 4.70. The van der Waals surface area contributed by atoms with Gasteiger partial charge in [0, 0.05) is 0 Å². The molecule has 1 aromatic rings. The Kier molecular flexibility index (Phi) is 5.31. The zero-order chi connectivity index (χ0) is 13.5. The molecule has 8 heteroatoms. The predicted octanol–water partition coefficient (Wildman–Crippen LogP) is 2.17. The highest BCUT2D eigenvalue weighted by Crippen LogP contribution is 2.25. The molecule has 1 rings (SSSR count). The third kappa shape index (κ3) is 4.54. The van der Waals surface area contributed by atoms with Crippen molar-refractivity contribution in [2.24, 2.45) is 0 Å². The van der Waals surface area contributed by atoms with E-state index in [1.54, 1.807) is 0 Å². The molecule has 0 heterocycles. The number of amides is 3. The Hall–Kier alpha value is -1.89. The summed E-state index contributed by atoms with van der Waals surface area (Å²) in [5.74, 6) is -1.30. The van der Waals surface area contributed by atoms with Gasteiger partial charge >= 0.3 is 12.6 Å². The molecule has 0 radical (unpaired) electrons. The highest BCUT2D eigenvalue weighted by Gasteiger charge is 2.12. The van der Waals surface area contributed by atoms with Gasteiger partial charge in [0.1, 0.15) is 11.6 Å². The summed E-state index contributed by atoms with van der Waals surface area (Å²) in [5.41, 5.74) is 0.0117. The van der Waals surface area contributed by atoms with Crippen LogP contribution >= 0.6 is 11.6 Å². The Morgan fingerprint density at radius 3 is 2.61 bits per heavy atom. The molecule has 0 saturated heterocycles. The number of halogens is 3. The van der Waals surface area contributed by atoms with Crippen molar-refractivity contribution >= 4 is 29.2 Å². The molecule has 0 atom stereocenters. The monoisotopic (exact) mass is 278 g/mol. The van der Waals surface area contributed by atoms with E-state index in [0.29, 0.717) is 0 Å². The fourth-order valence-corrected chi connectivity index (χ4v) is 1.15. The lowest BCUT2D eigenvalue weighted by atomic mass is 10.3. The van der Waals surface area contributed by atoms with Crippen LogP contribution in [0.4, 0.5) is 19.3 Å². The number of urea groups is 1. The number of anilines is 1. The highest BCUT2D eigenvalue weighted by molar-refractivity contribution is 6.28. The van der Waals surface area contributed by atoms with Crippen LogP contribution in [0.3, 0.4) is 0 Å². The Bertz CT molecular complexity index is 443. The molecule has 0 bridgehead atoms. The number of rotatable bonds is 4. The molecule has 2 N–H and O–H groups in total. The molecule has 0 aliphatic rings. The van der Waals surface area contributed by atoms with E-state index in [9.17, 15) is 18.4 Å². The van der Waals surface area contributed by atoms with Crippen molar-refractivity contribution in [1.82, 2.24) is 5.32 Å². The van der Waals surface area contributed by atoms with E-state index in [4.69, 9.17) is 11.6 Å². The van der Waals surface area contributed by atoms with Crippen LogP contribution in [0.1, 0.15) is 0 Å². The van der Waals surface area contributed by atoms with Gasteiger partial charge in [-0.25, -0.2) is 4.79 Å². The first-order valence-electron chi connectivity index (χ1n) is 4.73. The molecular weight excluding hydrogens is 270 g/mol. The minimum absolute atomic E-state index is 0.0117. The first-order chi connectivity index (χ1) is 8.52. The Labute approximate surface area is 106 Å². The lowest BCUT2D eigenvalue weighted by Gasteiger charge is -2.11. The van der Waals surface area contributed by atoms with Crippen LogP contribution in [0.25, 0.3) is 0 Å². The average molecular weight is 279 g/mol. The van der Waals surface area contributed by atoms with Gasteiger partial charge in [0.15, 0.2) is 0 Å². The van der Waals surface area contributed by atoms with Crippen molar-refractivity contribution in [3.05, 3.63) is 24.3 Å². The number of benzene rings is 1. The van der Waals surface area contributed by atoms with Crippen molar-refractivity contribution in [2.45, 2.75) is 6.61 Å². The second-order valence-corrected chi connectivity index (χ2v) is 3.28. The van der Waals surface area contributed by atoms with Crippen molar-refractivity contribution in [3.63, 3.8) is 0 Å². The van der Waals surface area contributed by atoms with Crippen molar-refractivity contribution < 1.29 is 23.1 Å². The topological polar surface area (TPSA) is 67.4 Å². The molecule has 0 spiro atoms. The van der Waals surface area contributed by atoms with Crippen LogP contribution in [0, 0.1) is 0 Å². The number of hydrogen-bond donors (Lipinski definition) is 2. The fourth-order valence-electron chi connectivity index (χ4n) is 1.08. The van der Waals surface area contributed by atoms with Crippen LogP contribution in [0.15, 0.2) is 24.3 Å². The molecule has 0 aromatic heterocycles. The van der Waals surface area contributed by atoms with E-state index < -0.39 is 18.5 Å². The van der Waals surface area contributed by atoms with Gasteiger partial charge in [-0.1, -0.05) is 12.1 Å². The van der Waals surface area contributed by atoms with Crippen LogP contribution in [0.5, 0.6) is 5.75 Å². The maximum atomic E-state index is 12.1. The number of nitrogens with one attached hydrogen (secondary N) is 2. The SMILES string of the molecule is O=C(CCl)NC(=O)Nc1ccccc1OC(F)F. The smallest absolute Gasteiger partial charge is 0.387 e. The van der Waals surface area contributed by atoms with Crippen LogP contribution < -0.4 is 15.4 Å².